The van der Waals surface area contributed by atoms with Crippen molar-refractivity contribution in [1.82, 2.24) is 4.57 Å². The maximum Gasteiger partial charge on any atom is 0.355 e. The number of aryl methyl sites for hydroxylation is 1. The van der Waals surface area contributed by atoms with E-state index in [1.165, 1.54) is 12.1 Å². The van der Waals surface area contributed by atoms with Gasteiger partial charge in [-0.2, -0.15) is 0 Å². The number of hydrogen-bond donors (Lipinski definition) is 0. The minimum absolute atomic E-state index is 0.0116. The van der Waals surface area contributed by atoms with Crippen LogP contribution in [0.5, 0.6) is 0 Å². The molecule has 0 N–H and O–H groups in total. The molecular formula is C13H12N2O4. The van der Waals surface area contributed by atoms with Gasteiger partial charge in [-0.3, -0.25) is 10.1 Å². The maximum absolute atomic E-state index is 11.7. The van der Waals surface area contributed by atoms with E-state index in [0.717, 1.165) is 0 Å². The highest BCUT2D eigenvalue weighted by Gasteiger charge is 2.11. The number of ether oxygens (including phenoxy) is 1. The largest absolute Gasteiger partial charge is 0.456 e. The summed E-state index contributed by atoms with van der Waals surface area (Å²) >= 11 is 0. The molecule has 0 aliphatic rings. The van der Waals surface area contributed by atoms with Crippen molar-refractivity contribution in [3.05, 3.63) is 64.0 Å². The summed E-state index contributed by atoms with van der Waals surface area (Å²) in [5, 5.41) is 10.5. The van der Waals surface area contributed by atoms with E-state index in [-0.39, 0.29) is 12.3 Å². The van der Waals surface area contributed by atoms with Crippen LogP contribution in [0, 0.1) is 10.1 Å². The smallest absolute Gasteiger partial charge is 0.355 e. The maximum atomic E-state index is 11.7. The summed E-state index contributed by atoms with van der Waals surface area (Å²) in [6.45, 7) is 0.0853. The molecule has 0 saturated heterocycles. The van der Waals surface area contributed by atoms with Crippen molar-refractivity contribution >= 4 is 11.7 Å². The lowest BCUT2D eigenvalue weighted by Gasteiger charge is -2.05. The molecule has 98 valence electrons. The minimum atomic E-state index is -0.472. The van der Waals surface area contributed by atoms with Crippen molar-refractivity contribution < 1.29 is 14.5 Å². The van der Waals surface area contributed by atoms with E-state index in [2.05, 4.69) is 0 Å². The van der Waals surface area contributed by atoms with E-state index in [9.17, 15) is 14.9 Å². The molecule has 1 aromatic heterocycles. The number of rotatable bonds is 4. The Morgan fingerprint density at radius 1 is 1.32 bits per heavy atom. The first-order chi connectivity index (χ1) is 9.08. The standard InChI is InChI=1S/C13H12N2O4/c1-14-8-2-3-12(14)13(16)19-9-10-4-6-11(7-5-10)15(17)18/h2-8H,9H2,1H3. The molecule has 0 radical (unpaired) electrons. The summed E-state index contributed by atoms with van der Waals surface area (Å²) in [6, 6.07) is 9.31. The molecule has 0 amide bonds. The Hall–Kier alpha value is -2.63. The van der Waals surface area contributed by atoms with Crippen molar-refractivity contribution in [1.29, 1.82) is 0 Å². The van der Waals surface area contributed by atoms with Crippen LogP contribution < -0.4 is 0 Å². The first kappa shape index (κ1) is 12.8. The van der Waals surface area contributed by atoms with Gasteiger partial charge in [0.2, 0.25) is 0 Å². The zero-order chi connectivity index (χ0) is 13.8. The predicted molar refractivity (Wildman–Crippen MR) is 67.6 cm³/mol. The number of non-ortho nitro benzene ring substituents is 1. The van der Waals surface area contributed by atoms with Crippen LogP contribution >= 0.6 is 0 Å². The second kappa shape index (κ2) is 5.34. The normalized spacial score (nSPS) is 10.2. The van der Waals surface area contributed by atoms with E-state index in [4.69, 9.17) is 4.74 Å². The SMILES string of the molecule is Cn1cccc1C(=O)OCc1ccc([N+](=O)[O-])cc1. The third kappa shape index (κ3) is 2.98. The fraction of sp³-hybridized carbons (Fsp3) is 0.154. The zero-order valence-corrected chi connectivity index (χ0v) is 10.3. The molecule has 0 saturated carbocycles. The second-order valence-electron chi connectivity index (χ2n) is 4.00. The summed E-state index contributed by atoms with van der Waals surface area (Å²) in [5.74, 6) is -0.425. The van der Waals surface area contributed by atoms with Crippen LogP contribution in [0.3, 0.4) is 0 Å². The van der Waals surface area contributed by atoms with Gasteiger partial charge in [-0.05, 0) is 29.8 Å². The summed E-state index contributed by atoms with van der Waals surface area (Å²) in [5.41, 5.74) is 1.17. The van der Waals surface area contributed by atoms with Gasteiger partial charge in [0, 0.05) is 25.4 Å². The predicted octanol–water partition coefficient (Wildman–Crippen LogP) is 2.29. The van der Waals surface area contributed by atoms with Crippen LogP contribution in [0.2, 0.25) is 0 Å². The Kier molecular flexibility index (Phi) is 3.61. The fourth-order valence-electron chi connectivity index (χ4n) is 1.61. The molecule has 0 unspecified atom stereocenters. The number of nitro groups is 1. The van der Waals surface area contributed by atoms with Crippen molar-refractivity contribution in [3.8, 4) is 0 Å². The van der Waals surface area contributed by atoms with Crippen molar-refractivity contribution in [2.75, 3.05) is 0 Å². The average molecular weight is 260 g/mol. The van der Waals surface area contributed by atoms with Gasteiger partial charge in [0.05, 0.1) is 4.92 Å². The Bertz CT molecular complexity index is 601. The number of hydrogen-bond acceptors (Lipinski definition) is 4. The van der Waals surface area contributed by atoms with Gasteiger partial charge >= 0.3 is 5.97 Å². The summed E-state index contributed by atoms with van der Waals surface area (Å²) in [6.07, 6.45) is 1.75. The molecular weight excluding hydrogens is 248 g/mol. The topological polar surface area (TPSA) is 74.4 Å². The number of aromatic nitrogens is 1. The van der Waals surface area contributed by atoms with Crippen molar-refractivity contribution in [2.45, 2.75) is 6.61 Å². The average Bonchev–Trinajstić information content (AvgIpc) is 2.83. The van der Waals surface area contributed by atoms with E-state index < -0.39 is 10.9 Å². The number of nitrogens with zero attached hydrogens (tertiary/aromatic N) is 2. The van der Waals surface area contributed by atoms with Gasteiger partial charge in [0.15, 0.2) is 0 Å². The molecule has 0 spiro atoms. The van der Waals surface area contributed by atoms with Gasteiger partial charge < -0.3 is 9.30 Å². The minimum Gasteiger partial charge on any atom is -0.456 e. The number of carbonyl (C=O) groups excluding carboxylic acids is 1. The van der Waals surface area contributed by atoms with Crippen LogP contribution in [-0.2, 0) is 18.4 Å². The highest BCUT2D eigenvalue weighted by atomic mass is 16.6. The third-order valence-electron chi connectivity index (χ3n) is 2.67. The molecule has 2 rings (SSSR count). The summed E-state index contributed by atoms with van der Waals surface area (Å²) in [4.78, 5) is 21.7. The molecule has 6 nitrogen and oxygen atoms in total. The second-order valence-corrected chi connectivity index (χ2v) is 4.00. The van der Waals surface area contributed by atoms with Crippen molar-refractivity contribution in [3.63, 3.8) is 0 Å². The summed E-state index contributed by atoms with van der Waals surface area (Å²) in [7, 11) is 1.75. The lowest BCUT2D eigenvalue weighted by atomic mass is 10.2. The Balaban J connectivity index is 1.97. The third-order valence-corrected chi connectivity index (χ3v) is 2.67. The molecule has 0 bridgehead atoms. The molecule has 2 aromatic rings. The Morgan fingerprint density at radius 3 is 2.53 bits per heavy atom. The fourth-order valence-corrected chi connectivity index (χ4v) is 1.61. The molecule has 0 aliphatic carbocycles. The number of esters is 1. The van der Waals surface area contributed by atoms with Crippen molar-refractivity contribution in [2.24, 2.45) is 7.05 Å². The summed E-state index contributed by atoms with van der Waals surface area (Å²) < 4.78 is 6.79. The van der Waals surface area contributed by atoms with Gasteiger partial charge in [-0.25, -0.2) is 4.79 Å². The lowest BCUT2D eigenvalue weighted by Crippen LogP contribution is -2.09. The molecule has 19 heavy (non-hydrogen) atoms. The molecule has 1 heterocycles. The highest BCUT2D eigenvalue weighted by Crippen LogP contribution is 2.13. The van der Waals surface area contributed by atoms with Crippen LogP contribution in [0.25, 0.3) is 0 Å². The molecule has 0 aliphatic heterocycles. The van der Waals surface area contributed by atoms with Gasteiger partial charge in [0.25, 0.3) is 5.69 Å². The zero-order valence-electron chi connectivity index (χ0n) is 10.3. The Labute approximate surface area is 109 Å². The quantitative estimate of drug-likeness (QED) is 0.480. The molecule has 1 aromatic carbocycles. The highest BCUT2D eigenvalue weighted by molar-refractivity contribution is 5.87. The molecule has 6 heteroatoms. The monoisotopic (exact) mass is 260 g/mol. The van der Waals surface area contributed by atoms with Crippen LogP contribution in [-0.4, -0.2) is 15.5 Å². The first-order valence-electron chi connectivity index (χ1n) is 5.59. The van der Waals surface area contributed by atoms with E-state index in [1.54, 1.807) is 42.1 Å². The molecule has 0 fully saturated rings. The van der Waals surface area contributed by atoms with E-state index >= 15 is 0 Å². The van der Waals surface area contributed by atoms with Crippen LogP contribution in [0.15, 0.2) is 42.6 Å². The van der Waals surface area contributed by atoms with Gasteiger partial charge in [0.1, 0.15) is 12.3 Å². The van der Waals surface area contributed by atoms with E-state index in [1.807, 2.05) is 0 Å². The number of carbonyl (C=O) groups is 1. The van der Waals surface area contributed by atoms with E-state index in [0.29, 0.717) is 11.3 Å². The van der Waals surface area contributed by atoms with Crippen LogP contribution in [0.1, 0.15) is 16.1 Å². The van der Waals surface area contributed by atoms with Gasteiger partial charge in [-0.15, -0.1) is 0 Å². The Morgan fingerprint density at radius 2 is 2.00 bits per heavy atom. The number of nitro benzene ring substituents is 1. The lowest BCUT2D eigenvalue weighted by molar-refractivity contribution is -0.384. The number of benzene rings is 1. The van der Waals surface area contributed by atoms with Crippen LogP contribution in [0.4, 0.5) is 5.69 Å². The van der Waals surface area contributed by atoms with Gasteiger partial charge in [-0.1, -0.05) is 0 Å². The first-order valence-corrected chi connectivity index (χ1v) is 5.59. The molecule has 0 atom stereocenters.